The van der Waals surface area contributed by atoms with Crippen molar-refractivity contribution in [3.05, 3.63) is 11.1 Å². The molecule has 136 valence electrons. The van der Waals surface area contributed by atoms with Crippen LogP contribution in [0.2, 0.25) is 0 Å². The van der Waals surface area contributed by atoms with Crippen molar-refractivity contribution >= 4 is 28.3 Å². The zero-order valence-electron chi connectivity index (χ0n) is 14.5. The minimum atomic E-state index is -0.327. The molecule has 1 heterocycles. The lowest BCUT2D eigenvalue weighted by atomic mass is 9.53. The molecule has 5 rings (SSSR count). The van der Waals surface area contributed by atoms with E-state index < -0.39 is 0 Å². The molecular weight excluding hydrogens is 338 g/mol. The highest BCUT2D eigenvalue weighted by atomic mass is 32.1. The number of anilines is 1. The van der Waals surface area contributed by atoms with Gasteiger partial charge in [-0.2, -0.15) is 0 Å². The minimum Gasteiger partial charge on any atom is -0.469 e. The Morgan fingerprint density at radius 1 is 1.24 bits per heavy atom. The van der Waals surface area contributed by atoms with E-state index in [1.807, 2.05) is 0 Å². The maximum absolute atomic E-state index is 12.3. The molecule has 4 bridgehead atoms. The lowest BCUT2D eigenvalue weighted by Crippen LogP contribution is -2.59. The number of rotatable bonds is 6. The van der Waals surface area contributed by atoms with Gasteiger partial charge in [0.2, 0.25) is 5.91 Å². The van der Waals surface area contributed by atoms with E-state index in [2.05, 4.69) is 20.4 Å². The summed E-state index contributed by atoms with van der Waals surface area (Å²) in [4.78, 5) is 27.8. The first-order chi connectivity index (χ1) is 12.0. The fourth-order valence-electron chi connectivity index (χ4n) is 5.42. The summed E-state index contributed by atoms with van der Waals surface area (Å²) in [5, 5.41) is 8.74. The summed E-state index contributed by atoms with van der Waals surface area (Å²) >= 11 is 1.34. The van der Waals surface area contributed by atoms with Gasteiger partial charge in [0.05, 0.1) is 25.8 Å². The molecule has 1 aromatic rings. The normalized spacial score (nSPS) is 32.6. The van der Waals surface area contributed by atoms with Crippen molar-refractivity contribution in [2.75, 3.05) is 19.0 Å². The van der Waals surface area contributed by atoms with Crippen molar-refractivity contribution in [2.24, 2.45) is 17.8 Å². The fourth-order valence-corrected chi connectivity index (χ4v) is 6.15. The van der Waals surface area contributed by atoms with Gasteiger partial charge < -0.3 is 15.4 Å². The Kier molecular flexibility index (Phi) is 4.54. The zero-order valence-corrected chi connectivity index (χ0v) is 15.4. The number of aromatic nitrogens is 1. The van der Waals surface area contributed by atoms with E-state index in [-0.39, 0.29) is 23.8 Å². The molecule has 0 aliphatic heterocycles. The van der Waals surface area contributed by atoms with Gasteiger partial charge in [-0.25, -0.2) is 4.98 Å². The molecular formula is C18H25N3O3S. The first kappa shape index (κ1) is 17.0. The van der Waals surface area contributed by atoms with Crippen molar-refractivity contribution in [3.63, 3.8) is 0 Å². The molecule has 7 heteroatoms. The standard InChI is InChI=1S/C18H25N3O3S/c1-24-16(23)5-14-10-25-17(20-14)21-15(22)9-19-18-6-11-2-12(7-18)4-13(3-11)8-18/h10-13,19H,2-9H2,1H3,(H,20,21,22). The summed E-state index contributed by atoms with van der Waals surface area (Å²) in [5.74, 6) is 2.20. The van der Waals surface area contributed by atoms with Gasteiger partial charge in [-0.1, -0.05) is 0 Å². The number of nitrogens with zero attached hydrogens (tertiary/aromatic N) is 1. The van der Waals surface area contributed by atoms with E-state index in [1.54, 1.807) is 5.38 Å². The number of esters is 1. The second kappa shape index (κ2) is 6.68. The lowest BCUT2D eigenvalue weighted by Gasteiger charge is -2.57. The number of hydrogen-bond acceptors (Lipinski definition) is 6. The Balaban J connectivity index is 1.29. The Labute approximate surface area is 151 Å². The quantitative estimate of drug-likeness (QED) is 0.759. The number of thiazole rings is 1. The van der Waals surface area contributed by atoms with Gasteiger partial charge in [-0.15, -0.1) is 11.3 Å². The van der Waals surface area contributed by atoms with Crippen LogP contribution in [0, 0.1) is 17.8 Å². The smallest absolute Gasteiger partial charge is 0.311 e. The van der Waals surface area contributed by atoms with Gasteiger partial charge in [-0.3, -0.25) is 9.59 Å². The summed E-state index contributed by atoms with van der Waals surface area (Å²) in [6.45, 7) is 0.331. The van der Waals surface area contributed by atoms with Crippen LogP contribution in [0.4, 0.5) is 5.13 Å². The van der Waals surface area contributed by atoms with Crippen molar-refractivity contribution in [1.82, 2.24) is 10.3 Å². The van der Waals surface area contributed by atoms with Crippen LogP contribution in [0.15, 0.2) is 5.38 Å². The lowest BCUT2D eigenvalue weighted by molar-refractivity contribution is -0.139. The Morgan fingerprint density at radius 2 is 1.88 bits per heavy atom. The number of nitrogens with one attached hydrogen (secondary N) is 2. The van der Waals surface area contributed by atoms with Crippen LogP contribution < -0.4 is 10.6 Å². The molecule has 0 spiro atoms. The predicted molar refractivity (Wildman–Crippen MR) is 95.4 cm³/mol. The van der Waals surface area contributed by atoms with Gasteiger partial charge >= 0.3 is 5.97 Å². The van der Waals surface area contributed by atoms with Crippen LogP contribution in [-0.2, 0) is 20.7 Å². The van der Waals surface area contributed by atoms with Gasteiger partial charge in [0.1, 0.15) is 0 Å². The molecule has 2 N–H and O–H groups in total. The summed E-state index contributed by atoms with van der Waals surface area (Å²) in [5.41, 5.74) is 0.812. The van der Waals surface area contributed by atoms with Crippen LogP contribution in [0.5, 0.6) is 0 Å². The van der Waals surface area contributed by atoms with Crippen LogP contribution in [0.25, 0.3) is 0 Å². The summed E-state index contributed by atoms with van der Waals surface area (Å²) in [6, 6.07) is 0. The Morgan fingerprint density at radius 3 is 2.48 bits per heavy atom. The van der Waals surface area contributed by atoms with E-state index in [1.165, 1.54) is 57.0 Å². The molecule has 4 saturated carbocycles. The maximum Gasteiger partial charge on any atom is 0.311 e. The average molecular weight is 363 g/mol. The monoisotopic (exact) mass is 363 g/mol. The molecule has 0 unspecified atom stereocenters. The highest BCUT2D eigenvalue weighted by Gasteiger charge is 2.50. The van der Waals surface area contributed by atoms with Crippen LogP contribution in [-0.4, -0.2) is 36.1 Å². The molecule has 6 nitrogen and oxygen atoms in total. The van der Waals surface area contributed by atoms with Crippen LogP contribution >= 0.6 is 11.3 Å². The minimum absolute atomic E-state index is 0.0605. The third-order valence-corrected chi connectivity index (χ3v) is 6.82. The van der Waals surface area contributed by atoms with E-state index in [0.29, 0.717) is 17.4 Å². The Bertz CT molecular complexity index is 637. The number of ether oxygens (including phenoxy) is 1. The molecule has 0 saturated heterocycles. The van der Waals surface area contributed by atoms with Gasteiger partial charge in [0, 0.05) is 10.9 Å². The number of amides is 1. The first-order valence-electron chi connectivity index (χ1n) is 9.10. The highest BCUT2D eigenvalue weighted by molar-refractivity contribution is 7.13. The van der Waals surface area contributed by atoms with E-state index in [4.69, 9.17) is 0 Å². The number of carbonyl (C=O) groups excluding carboxylic acids is 2. The third-order valence-electron chi connectivity index (χ3n) is 6.01. The van der Waals surface area contributed by atoms with Crippen LogP contribution in [0.3, 0.4) is 0 Å². The SMILES string of the molecule is COC(=O)Cc1csc(NC(=O)CNC23CC4CC(CC(C4)C2)C3)n1. The second-order valence-corrected chi connectivity index (χ2v) is 8.85. The summed E-state index contributed by atoms with van der Waals surface area (Å²) in [7, 11) is 1.35. The molecule has 25 heavy (non-hydrogen) atoms. The molecule has 1 aromatic heterocycles. The van der Waals surface area contributed by atoms with Crippen molar-refractivity contribution in [1.29, 1.82) is 0 Å². The zero-order chi connectivity index (χ0) is 17.4. The molecule has 1 amide bonds. The number of carbonyl (C=O) groups is 2. The topological polar surface area (TPSA) is 80.3 Å². The molecule has 0 atom stereocenters. The second-order valence-electron chi connectivity index (χ2n) is 8.00. The van der Waals surface area contributed by atoms with E-state index in [9.17, 15) is 9.59 Å². The summed E-state index contributed by atoms with van der Waals surface area (Å²) in [6.07, 6.45) is 8.01. The number of hydrogen-bond donors (Lipinski definition) is 2. The fraction of sp³-hybridized carbons (Fsp3) is 0.722. The molecule has 4 aliphatic carbocycles. The first-order valence-corrected chi connectivity index (χ1v) is 9.98. The van der Waals surface area contributed by atoms with Gasteiger partial charge in [0.15, 0.2) is 5.13 Å². The largest absolute Gasteiger partial charge is 0.469 e. The third kappa shape index (κ3) is 3.72. The van der Waals surface area contributed by atoms with E-state index >= 15 is 0 Å². The molecule has 4 aliphatic rings. The van der Waals surface area contributed by atoms with Crippen molar-refractivity contribution in [2.45, 2.75) is 50.5 Å². The molecule has 0 radical (unpaired) electrons. The highest BCUT2D eigenvalue weighted by Crippen LogP contribution is 2.55. The average Bonchev–Trinajstić information content (AvgIpc) is 2.98. The van der Waals surface area contributed by atoms with Crippen molar-refractivity contribution < 1.29 is 14.3 Å². The van der Waals surface area contributed by atoms with Crippen LogP contribution in [0.1, 0.15) is 44.2 Å². The predicted octanol–water partition coefficient (Wildman–Crippen LogP) is 2.36. The van der Waals surface area contributed by atoms with E-state index in [0.717, 1.165) is 17.8 Å². The Hall–Kier alpha value is -1.47. The van der Waals surface area contributed by atoms with Gasteiger partial charge in [-0.05, 0) is 56.3 Å². The molecule has 0 aromatic carbocycles. The maximum atomic E-state index is 12.3. The molecule has 4 fully saturated rings. The van der Waals surface area contributed by atoms with Crippen molar-refractivity contribution in [3.8, 4) is 0 Å². The number of methoxy groups -OCH3 is 1. The van der Waals surface area contributed by atoms with Gasteiger partial charge in [0.25, 0.3) is 0 Å². The summed E-state index contributed by atoms with van der Waals surface area (Å²) < 4.78 is 4.63.